The topological polar surface area (TPSA) is 52.6 Å². The van der Waals surface area contributed by atoms with Crippen LogP contribution in [0.1, 0.15) is 43.2 Å². The molecule has 1 aliphatic rings. The molecule has 1 aromatic rings. The van der Waals surface area contributed by atoms with Gasteiger partial charge >= 0.3 is 11.9 Å². The van der Waals surface area contributed by atoms with Crippen LogP contribution in [0.25, 0.3) is 0 Å². The van der Waals surface area contributed by atoms with E-state index in [1.165, 1.54) is 20.3 Å². The van der Waals surface area contributed by atoms with Crippen molar-refractivity contribution in [2.45, 2.75) is 44.9 Å². The molecule has 1 atom stereocenters. The molecule has 0 unspecified atom stereocenters. The lowest BCUT2D eigenvalue weighted by atomic mass is 9.67. The van der Waals surface area contributed by atoms with Crippen LogP contribution in [0, 0.1) is 11.2 Å². The van der Waals surface area contributed by atoms with Gasteiger partial charge in [0.25, 0.3) is 0 Å². The van der Waals surface area contributed by atoms with Gasteiger partial charge in [-0.1, -0.05) is 12.1 Å². The van der Waals surface area contributed by atoms with E-state index >= 15 is 0 Å². The zero-order valence-electron chi connectivity index (χ0n) is 13.7. The summed E-state index contributed by atoms with van der Waals surface area (Å²) < 4.78 is 23.4. The van der Waals surface area contributed by atoms with E-state index in [2.05, 4.69) is 4.74 Å². The second kappa shape index (κ2) is 7.57. The van der Waals surface area contributed by atoms with Crippen molar-refractivity contribution in [3.8, 4) is 0 Å². The van der Waals surface area contributed by atoms with E-state index in [4.69, 9.17) is 4.74 Å². The van der Waals surface area contributed by atoms with E-state index < -0.39 is 0 Å². The first-order valence-electron chi connectivity index (χ1n) is 7.89. The summed E-state index contributed by atoms with van der Waals surface area (Å²) in [5.74, 6) is -0.688. The Kier molecular flexibility index (Phi) is 5.74. The molecule has 0 bridgehead atoms. The molecular formula is C18H23FO4. The Morgan fingerprint density at radius 3 is 2.65 bits per heavy atom. The van der Waals surface area contributed by atoms with Gasteiger partial charge in [0.1, 0.15) is 5.82 Å². The molecule has 0 radical (unpaired) electrons. The number of carbonyl (C=O) groups is 2. The normalized spacial score (nSPS) is 19.8. The van der Waals surface area contributed by atoms with Crippen LogP contribution in [0.3, 0.4) is 0 Å². The second-order valence-electron chi connectivity index (χ2n) is 6.24. The number of hydrogen-bond acceptors (Lipinski definition) is 4. The van der Waals surface area contributed by atoms with Crippen molar-refractivity contribution in [2.24, 2.45) is 5.41 Å². The number of hydrogen-bond donors (Lipinski definition) is 0. The summed E-state index contributed by atoms with van der Waals surface area (Å²) in [5.41, 5.74) is 1.43. The average Bonchev–Trinajstić information content (AvgIpc) is 2.54. The molecule has 23 heavy (non-hydrogen) atoms. The molecule has 1 aliphatic carbocycles. The fourth-order valence-electron chi connectivity index (χ4n) is 3.47. The van der Waals surface area contributed by atoms with Crippen LogP contribution in [0.5, 0.6) is 0 Å². The Labute approximate surface area is 136 Å². The molecular weight excluding hydrogens is 299 g/mol. The number of methoxy groups -OCH3 is 2. The summed E-state index contributed by atoms with van der Waals surface area (Å²) in [7, 11) is 2.74. The minimum absolute atomic E-state index is 0.177. The van der Waals surface area contributed by atoms with Crippen LogP contribution >= 0.6 is 0 Å². The third-order valence-corrected chi connectivity index (χ3v) is 4.75. The first kappa shape index (κ1) is 17.4. The minimum atomic E-state index is -0.276. The Morgan fingerprint density at radius 2 is 1.96 bits per heavy atom. The van der Waals surface area contributed by atoms with Gasteiger partial charge in [0, 0.05) is 6.42 Å². The molecule has 0 aromatic heterocycles. The highest BCUT2D eigenvalue weighted by atomic mass is 19.1. The summed E-state index contributed by atoms with van der Waals surface area (Å²) in [4.78, 5) is 23.1. The predicted octanol–water partition coefficient (Wildman–Crippen LogP) is 3.21. The van der Waals surface area contributed by atoms with Crippen molar-refractivity contribution in [3.05, 3.63) is 35.1 Å². The lowest BCUT2D eigenvalue weighted by molar-refractivity contribution is -0.143. The van der Waals surface area contributed by atoms with Crippen LogP contribution in [-0.2, 0) is 31.9 Å². The molecule has 4 nitrogen and oxygen atoms in total. The zero-order valence-corrected chi connectivity index (χ0v) is 13.7. The van der Waals surface area contributed by atoms with E-state index in [1.54, 1.807) is 6.07 Å². The third-order valence-electron chi connectivity index (χ3n) is 4.75. The number of fused-ring (bicyclic) bond motifs is 1. The minimum Gasteiger partial charge on any atom is -0.469 e. The number of halogens is 1. The SMILES string of the molecule is COC(=O)CCC[C@]1(CC(=O)OC)CCc2c(F)cccc2C1. The predicted molar refractivity (Wildman–Crippen MR) is 83.4 cm³/mol. The number of carbonyl (C=O) groups excluding carboxylic acids is 2. The molecule has 0 fully saturated rings. The Hall–Kier alpha value is -1.91. The van der Waals surface area contributed by atoms with Gasteiger partial charge in [-0.15, -0.1) is 0 Å². The largest absolute Gasteiger partial charge is 0.469 e. The van der Waals surface area contributed by atoms with Crippen molar-refractivity contribution < 1.29 is 23.5 Å². The van der Waals surface area contributed by atoms with Crippen LogP contribution < -0.4 is 0 Å². The van der Waals surface area contributed by atoms with Gasteiger partial charge < -0.3 is 9.47 Å². The van der Waals surface area contributed by atoms with Gasteiger partial charge in [-0.2, -0.15) is 0 Å². The monoisotopic (exact) mass is 322 g/mol. The lowest BCUT2D eigenvalue weighted by Crippen LogP contribution is -2.32. The fourth-order valence-corrected chi connectivity index (χ4v) is 3.47. The number of ether oxygens (including phenoxy) is 2. The highest BCUT2D eigenvalue weighted by Crippen LogP contribution is 2.43. The van der Waals surface area contributed by atoms with E-state index in [-0.39, 0.29) is 23.2 Å². The maximum atomic E-state index is 13.9. The molecule has 0 spiro atoms. The van der Waals surface area contributed by atoms with Gasteiger partial charge in [0.05, 0.1) is 20.6 Å². The van der Waals surface area contributed by atoms with E-state index in [0.717, 1.165) is 17.5 Å². The average molecular weight is 322 g/mol. The Bertz CT molecular complexity index is 584. The number of esters is 2. The van der Waals surface area contributed by atoms with E-state index in [0.29, 0.717) is 38.5 Å². The first-order valence-corrected chi connectivity index (χ1v) is 7.89. The summed E-state index contributed by atoms with van der Waals surface area (Å²) in [6.45, 7) is 0. The van der Waals surface area contributed by atoms with Crippen molar-refractivity contribution in [3.63, 3.8) is 0 Å². The lowest BCUT2D eigenvalue weighted by Gasteiger charge is -2.37. The zero-order chi connectivity index (χ0) is 16.9. The van der Waals surface area contributed by atoms with Crippen molar-refractivity contribution >= 4 is 11.9 Å². The van der Waals surface area contributed by atoms with Crippen LogP contribution in [0.15, 0.2) is 18.2 Å². The van der Waals surface area contributed by atoms with Crippen LogP contribution in [0.2, 0.25) is 0 Å². The summed E-state index contributed by atoms with van der Waals surface area (Å²) in [6.07, 6.45) is 3.95. The smallest absolute Gasteiger partial charge is 0.306 e. The maximum Gasteiger partial charge on any atom is 0.306 e. The number of benzene rings is 1. The van der Waals surface area contributed by atoms with E-state index in [1.807, 2.05) is 6.07 Å². The molecule has 0 N–H and O–H groups in total. The number of rotatable bonds is 6. The quantitative estimate of drug-likeness (QED) is 0.755. The van der Waals surface area contributed by atoms with Gasteiger partial charge in [-0.25, -0.2) is 4.39 Å². The molecule has 0 aliphatic heterocycles. The molecule has 1 aromatic carbocycles. The third kappa shape index (κ3) is 4.30. The fraction of sp³-hybridized carbons (Fsp3) is 0.556. The molecule has 126 valence electrons. The highest BCUT2D eigenvalue weighted by Gasteiger charge is 2.37. The maximum absolute atomic E-state index is 13.9. The summed E-state index contributed by atoms with van der Waals surface area (Å²) >= 11 is 0. The van der Waals surface area contributed by atoms with Crippen LogP contribution in [0.4, 0.5) is 4.39 Å². The summed E-state index contributed by atoms with van der Waals surface area (Å²) in [5, 5.41) is 0. The summed E-state index contributed by atoms with van der Waals surface area (Å²) in [6, 6.07) is 5.10. The highest BCUT2D eigenvalue weighted by molar-refractivity contribution is 5.70. The molecule has 0 heterocycles. The van der Waals surface area contributed by atoms with Gasteiger partial charge in [0.15, 0.2) is 0 Å². The molecule has 2 rings (SSSR count). The molecule has 5 heteroatoms. The van der Waals surface area contributed by atoms with E-state index in [9.17, 15) is 14.0 Å². The van der Waals surface area contributed by atoms with Crippen molar-refractivity contribution in [2.75, 3.05) is 14.2 Å². The van der Waals surface area contributed by atoms with Gasteiger partial charge in [-0.3, -0.25) is 9.59 Å². The molecule has 0 saturated heterocycles. The molecule has 0 saturated carbocycles. The van der Waals surface area contributed by atoms with Gasteiger partial charge in [0.2, 0.25) is 0 Å². The van der Waals surface area contributed by atoms with Crippen molar-refractivity contribution in [1.82, 2.24) is 0 Å². The standard InChI is InChI=1S/C18H23FO4/c1-22-16(20)7-4-9-18(12-17(21)23-2)10-8-14-13(11-18)5-3-6-15(14)19/h3,5-6H,4,7-12H2,1-2H3/t18-/m0/s1. The Balaban J connectivity index is 2.15. The Morgan fingerprint density at radius 1 is 1.22 bits per heavy atom. The van der Waals surface area contributed by atoms with Crippen LogP contribution in [-0.4, -0.2) is 26.2 Å². The molecule has 0 amide bonds. The van der Waals surface area contributed by atoms with Gasteiger partial charge in [-0.05, 0) is 54.7 Å². The second-order valence-corrected chi connectivity index (χ2v) is 6.24. The first-order chi connectivity index (χ1) is 11.0. The van der Waals surface area contributed by atoms with Crippen molar-refractivity contribution in [1.29, 1.82) is 0 Å².